The van der Waals surface area contributed by atoms with Crippen LogP contribution in [0.1, 0.15) is 11.3 Å². The highest BCUT2D eigenvalue weighted by Gasteiger charge is 2.22. The molecular weight excluding hydrogens is 270 g/mol. The van der Waals surface area contributed by atoms with Crippen molar-refractivity contribution in [3.8, 4) is 28.5 Å². The Morgan fingerprint density at radius 2 is 1.90 bits per heavy atom. The normalized spacial score (nSPS) is 14.8. The SMILES string of the molecule is COc1cc(-c2n[nH]c3c2CN(C)CC3)cc(OC)c1O. The van der Waals surface area contributed by atoms with Crippen LogP contribution in [-0.4, -0.2) is 48.0 Å². The average molecular weight is 289 g/mol. The molecule has 0 fully saturated rings. The van der Waals surface area contributed by atoms with Gasteiger partial charge in [-0.05, 0) is 19.2 Å². The highest BCUT2D eigenvalue weighted by molar-refractivity contribution is 5.71. The summed E-state index contributed by atoms with van der Waals surface area (Å²) in [7, 11) is 5.13. The molecule has 112 valence electrons. The lowest BCUT2D eigenvalue weighted by atomic mass is 10.0. The number of phenolic OH excluding ortho intramolecular Hbond substituents is 1. The quantitative estimate of drug-likeness (QED) is 0.901. The average Bonchev–Trinajstić information content (AvgIpc) is 2.90. The van der Waals surface area contributed by atoms with E-state index in [1.807, 2.05) is 0 Å². The number of aromatic amines is 1. The molecule has 1 aromatic carbocycles. The summed E-state index contributed by atoms with van der Waals surface area (Å²) in [4.78, 5) is 2.26. The summed E-state index contributed by atoms with van der Waals surface area (Å²) in [5.41, 5.74) is 4.12. The molecule has 0 bridgehead atoms. The fourth-order valence-electron chi connectivity index (χ4n) is 2.70. The largest absolute Gasteiger partial charge is 0.502 e. The molecule has 0 aliphatic carbocycles. The van der Waals surface area contributed by atoms with Crippen molar-refractivity contribution in [1.29, 1.82) is 0 Å². The van der Waals surface area contributed by atoms with Crippen molar-refractivity contribution in [2.75, 3.05) is 27.8 Å². The van der Waals surface area contributed by atoms with Crippen molar-refractivity contribution in [3.05, 3.63) is 23.4 Å². The van der Waals surface area contributed by atoms with Crippen molar-refractivity contribution in [2.24, 2.45) is 0 Å². The maximum Gasteiger partial charge on any atom is 0.200 e. The number of H-pyrrole nitrogens is 1. The van der Waals surface area contributed by atoms with Gasteiger partial charge in [-0.3, -0.25) is 5.10 Å². The van der Waals surface area contributed by atoms with Gasteiger partial charge in [-0.2, -0.15) is 5.10 Å². The molecule has 1 aliphatic rings. The van der Waals surface area contributed by atoms with Gasteiger partial charge in [0.15, 0.2) is 11.5 Å². The van der Waals surface area contributed by atoms with Gasteiger partial charge < -0.3 is 19.5 Å². The highest BCUT2D eigenvalue weighted by atomic mass is 16.5. The number of ether oxygens (including phenoxy) is 2. The molecule has 1 aromatic heterocycles. The maximum absolute atomic E-state index is 10.0. The minimum atomic E-state index is 0.00488. The van der Waals surface area contributed by atoms with Crippen LogP contribution in [0.2, 0.25) is 0 Å². The van der Waals surface area contributed by atoms with Crippen LogP contribution in [0, 0.1) is 0 Å². The number of fused-ring (bicyclic) bond motifs is 1. The Kier molecular flexibility index (Phi) is 3.47. The van der Waals surface area contributed by atoms with E-state index in [0.29, 0.717) is 11.5 Å². The topological polar surface area (TPSA) is 70.6 Å². The van der Waals surface area contributed by atoms with Crippen LogP contribution in [0.25, 0.3) is 11.3 Å². The molecule has 6 nitrogen and oxygen atoms in total. The summed E-state index contributed by atoms with van der Waals surface area (Å²) in [6, 6.07) is 3.56. The van der Waals surface area contributed by atoms with Crippen molar-refractivity contribution in [2.45, 2.75) is 13.0 Å². The van der Waals surface area contributed by atoms with Crippen LogP contribution in [0.15, 0.2) is 12.1 Å². The maximum atomic E-state index is 10.0. The van der Waals surface area contributed by atoms with Crippen LogP contribution in [0.5, 0.6) is 17.2 Å². The first kappa shape index (κ1) is 13.8. The van der Waals surface area contributed by atoms with Crippen molar-refractivity contribution in [1.82, 2.24) is 15.1 Å². The third-order valence-electron chi connectivity index (χ3n) is 3.88. The predicted octanol–water partition coefficient (Wildman–Crippen LogP) is 1.79. The van der Waals surface area contributed by atoms with E-state index in [9.17, 15) is 5.11 Å². The fourth-order valence-corrected chi connectivity index (χ4v) is 2.70. The lowest BCUT2D eigenvalue weighted by Gasteiger charge is -2.22. The zero-order chi connectivity index (χ0) is 15.0. The number of likely N-dealkylation sites (N-methyl/N-ethyl adjacent to an activating group) is 1. The van der Waals surface area contributed by atoms with E-state index in [1.165, 1.54) is 25.5 Å². The Morgan fingerprint density at radius 1 is 1.24 bits per heavy atom. The summed E-state index contributed by atoms with van der Waals surface area (Å²) >= 11 is 0. The second-order valence-electron chi connectivity index (χ2n) is 5.25. The van der Waals surface area contributed by atoms with Crippen molar-refractivity contribution >= 4 is 0 Å². The minimum absolute atomic E-state index is 0.00488. The van der Waals surface area contributed by atoms with Gasteiger partial charge in [0.25, 0.3) is 0 Å². The monoisotopic (exact) mass is 289 g/mol. The highest BCUT2D eigenvalue weighted by Crippen LogP contribution is 2.41. The zero-order valence-corrected chi connectivity index (χ0v) is 12.4. The zero-order valence-electron chi connectivity index (χ0n) is 12.4. The third kappa shape index (κ3) is 2.31. The molecule has 0 amide bonds. The molecule has 0 saturated carbocycles. The molecule has 6 heteroatoms. The van der Waals surface area contributed by atoms with Gasteiger partial charge in [0, 0.05) is 36.3 Å². The first-order valence-corrected chi connectivity index (χ1v) is 6.84. The Morgan fingerprint density at radius 3 is 2.52 bits per heavy atom. The molecule has 0 spiro atoms. The number of aromatic hydroxyl groups is 1. The molecule has 3 rings (SSSR count). The summed E-state index contributed by atoms with van der Waals surface area (Å²) < 4.78 is 10.4. The molecular formula is C15H19N3O3. The van der Waals surface area contributed by atoms with Crippen LogP contribution < -0.4 is 9.47 Å². The van der Waals surface area contributed by atoms with E-state index < -0.39 is 0 Å². The Bertz CT molecular complexity index is 641. The molecule has 2 N–H and O–H groups in total. The third-order valence-corrected chi connectivity index (χ3v) is 3.88. The number of hydrogen-bond acceptors (Lipinski definition) is 5. The van der Waals surface area contributed by atoms with Gasteiger partial charge in [0.2, 0.25) is 5.75 Å². The van der Waals surface area contributed by atoms with Gasteiger partial charge in [-0.25, -0.2) is 0 Å². The van der Waals surface area contributed by atoms with Gasteiger partial charge in [-0.1, -0.05) is 0 Å². The molecule has 2 heterocycles. The lowest BCUT2D eigenvalue weighted by molar-refractivity contribution is 0.312. The van der Waals surface area contributed by atoms with E-state index in [0.717, 1.165) is 30.8 Å². The summed E-state index contributed by atoms with van der Waals surface area (Å²) in [6.45, 7) is 1.88. The number of benzene rings is 1. The first-order chi connectivity index (χ1) is 10.1. The summed E-state index contributed by atoms with van der Waals surface area (Å²) in [6.07, 6.45) is 0.963. The van der Waals surface area contributed by atoms with E-state index in [2.05, 4.69) is 22.1 Å². The van der Waals surface area contributed by atoms with Gasteiger partial charge in [0.05, 0.1) is 19.9 Å². The number of methoxy groups -OCH3 is 2. The molecule has 2 aromatic rings. The van der Waals surface area contributed by atoms with Crippen LogP contribution in [0.4, 0.5) is 0 Å². The molecule has 0 saturated heterocycles. The molecule has 1 aliphatic heterocycles. The second kappa shape index (κ2) is 5.29. The lowest BCUT2D eigenvalue weighted by Crippen LogP contribution is -2.26. The number of phenols is 1. The van der Waals surface area contributed by atoms with Gasteiger partial charge in [0.1, 0.15) is 0 Å². The van der Waals surface area contributed by atoms with Crippen LogP contribution in [0.3, 0.4) is 0 Å². The molecule has 0 atom stereocenters. The summed E-state index contributed by atoms with van der Waals surface area (Å²) in [5.74, 6) is 0.765. The number of hydrogen-bond donors (Lipinski definition) is 2. The standard InChI is InChI=1S/C15H19N3O3/c1-18-5-4-11-10(8-18)14(17-16-11)9-6-12(20-2)15(19)13(7-9)21-3/h6-7,19H,4-5,8H2,1-3H3,(H,16,17). The van der Waals surface area contributed by atoms with Crippen LogP contribution in [-0.2, 0) is 13.0 Å². The number of aromatic nitrogens is 2. The van der Waals surface area contributed by atoms with E-state index in [4.69, 9.17) is 9.47 Å². The number of nitrogens with one attached hydrogen (secondary N) is 1. The van der Waals surface area contributed by atoms with Gasteiger partial charge >= 0.3 is 0 Å². The predicted molar refractivity (Wildman–Crippen MR) is 78.8 cm³/mol. The Labute approximate surface area is 123 Å². The number of rotatable bonds is 3. The Hall–Kier alpha value is -2.21. The first-order valence-electron chi connectivity index (χ1n) is 6.84. The fraction of sp³-hybridized carbons (Fsp3) is 0.400. The van der Waals surface area contributed by atoms with Gasteiger partial charge in [-0.15, -0.1) is 0 Å². The Balaban J connectivity index is 2.11. The van der Waals surface area contributed by atoms with Crippen molar-refractivity contribution < 1.29 is 14.6 Å². The molecule has 21 heavy (non-hydrogen) atoms. The number of nitrogens with zero attached hydrogens (tertiary/aromatic N) is 2. The van der Waals surface area contributed by atoms with E-state index in [1.54, 1.807) is 12.1 Å². The molecule has 0 unspecified atom stereocenters. The summed E-state index contributed by atoms with van der Waals surface area (Å²) in [5, 5.41) is 17.6. The van der Waals surface area contributed by atoms with E-state index >= 15 is 0 Å². The second-order valence-corrected chi connectivity index (χ2v) is 5.25. The molecule has 0 radical (unpaired) electrons. The smallest absolute Gasteiger partial charge is 0.200 e. The van der Waals surface area contributed by atoms with Crippen molar-refractivity contribution in [3.63, 3.8) is 0 Å². The van der Waals surface area contributed by atoms with E-state index in [-0.39, 0.29) is 5.75 Å². The minimum Gasteiger partial charge on any atom is -0.502 e. The van der Waals surface area contributed by atoms with Crippen LogP contribution >= 0.6 is 0 Å².